The SMILES string of the molecule is Cl.[2H]C([2H])([2H])Oc1ccccc1C1CNCCC1OC(=O)c1ccccc1. The number of carbonyl (C=O) groups is 1. The Morgan fingerprint density at radius 1 is 1.17 bits per heavy atom. The molecule has 2 aromatic rings. The topological polar surface area (TPSA) is 47.6 Å². The molecule has 1 fully saturated rings. The third kappa shape index (κ3) is 4.08. The van der Waals surface area contributed by atoms with Crippen LogP contribution in [0.15, 0.2) is 54.6 Å². The van der Waals surface area contributed by atoms with Gasteiger partial charge >= 0.3 is 5.97 Å². The summed E-state index contributed by atoms with van der Waals surface area (Å²) in [5.41, 5.74) is 1.22. The zero-order chi connectivity index (χ0) is 18.6. The third-order valence-electron chi connectivity index (χ3n) is 4.12. The molecule has 24 heavy (non-hydrogen) atoms. The molecule has 2 atom stereocenters. The van der Waals surface area contributed by atoms with Crippen LogP contribution < -0.4 is 10.1 Å². The summed E-state index contributed by atoms with van der Waals surface area (Å²) in [5.74, 6) is -0.270. The highest BCUT2D eigenvalue weighted by Crippen LogP contribution is 2.33. The maximum atomic E-state index is 12.4. The minimum Gasteiger partial charge on any atom is -0.496 e. The van der Waals surface area contributed by atoms with Crippen molar-refractivity contribution in [2.24, 2.45) is 0 Å². The summed E-state index contributed by atoms with van der Waals surface area (Å²) >= 11 is 0. The molecule has 0 radical (unpaired) electrons. The van der Waals surface area contributed by atoms with Crippen molar-refractivity contribution < 1.29 is 18.4 Å². The summed E-state index contributed by atoms with van der Waals surface area (Å²) in [6, 6.07) is 15.8. The van der Waals surface area contributed by atoms with Crippen molar-refractivity contribution in [1.82, 2.24) is 5.32 Å². The number of nitrogens with one attached hydrogen (secondary N) is 1. The van der Waals surface area contributed by atoms with Crippen molar-refractivity contribution >= 4 is 18.4 Å². The molecule has 2 aromatic carbocycles. The number of esters is 1. The fourth-order valence-electron chi connectivity index (χ4n) is 2.95. The van der Waals surface area contributed by atoms with Crippen molar-refractivity contribution in [2.45, 2.75) is 18.4 Å². The molecule has 3 rings (SSSR count). The van der Waals surface area contributed by atoms with Gasteiger partial charge in [-0.25, -0.2) is 4.79 Å². The molecule has 1 saturated heterocycles. The molecule has 0 aromatic heterocycles. The molecular formula is C19H22ClNO3. The van der Waals surface area contributed by atoms with E-state index in [4.69, 9.17) is 13.6 Å². The first-order valence-electron chi connectivity index (χ1n) is 9.19. The zero-order valence-electron chi connectivity index (χ0n) is 16.1. The lowest BCUT2D eigenvalue weighted by Crippen LogP contribution is -2.41. The van der Waals surface area contributed by atoms with Crippen LogP contribution in [-0.4, -0.2) is 32.2 Å². The van der Waals surface area contributed by atoms with Crippen LogP contribution in [-0.2, 0) is 4.74 Å². The minimum atomic E-state index is -2.53. The molecule has 1 aliphatic heterocycles. The molecule has 0 spiro atoms. The molecule has 1 heterocycles. The molecule has 128 valence electrons. The number of carbonyl (C=O) groups excluding carboxylic acids is 1. The van der Waals surface area contributed by atoms with Gasteiger partial charge in [0.05, 0.1) is 16.7 Å². The average Bonchev–Trinajstić information content (AvgIpc) is 2.62. The van der Waals surface area contributed by atoms with Gasteiger partial charge in [0.2, 0.25) is 0 Å². The lowest BCUT2D eigenvalue weighted by Gasteiger charge is -2.32. The maximum Gasteiger partial charge on any atom is 0.338 e. The summed E-state index contributed by atoms with van der Waals surface area (Å²) < 4.78 is 33.0. The van der Waals surface area contributed by atoms with Crippen LogP contribution >= 0.6 is 12.4 Å². The maximum absolute atomic E-state index is 12.4. The second kappa shape index (κ2) is 8.71. The van der Waals surface area contributed by atoms with Crippen molar-refractivity contribution in [3.8, 4) is 5.75 Å². The first kappa shape index (κ1) is 14.3. The van der Waals surface area contributed by atoms with Crippen LogP contribution in [0.2, 0.25) is 0 Å². The molecule has 2 unspecified atom stereocenters. The van der Waals surface area contributed by atoms with E-state index in [1.54, 1.807) is 36.4 Å². The van der Waals surface area contributed by atoms with E-state index in [1.807, 2.05) is 18.2 Å². The number of hydrogen-bond acceptors (Lipinski definition) is 4. The number of piperidine rings is 1. The van der Waals surface area contributed by atoms with Crippen molar-refractivity contribution in [3.05, 3.63) is 65.7 Å². The van der Waals surface area contributed by atoms with Crippen molar-refractivity contribution in [1.29, 1.82) is 0 Å². The van der Waals surface area contributed by atoms with E-state index in [0.29, 0.717) is 24.3 Å². The Balaban J connectivity index is 0.00000261. The van der Waals surface area contributed by atoms with Crippen LogP contribution in [0.25, 0.3) is 0 Å². The molecule has 1 aliphatic rings. The van der Waals surface area contributed by atoms with Gasteiger partial charge < -0.3 is 14.8 Å². The van der Waals surface area contributed by atoms with Gasteiger partial charge in [0, 0.05) is 18.0 Å². The fourth-order valence-corrected chi connectivity index (χ4v) is 2.95. The predicted molar refractivity (Wildman–Crippen MR) is 96.1 cm³/mol. The number of methoxy groups -OCH3 is 1. The van der Waals surface area contributed by atoms with E-state index in [1.165, 1.54) is 0 Å². The highest BCUT2D eigenvalue weighted by atomic mass is 35.5. The van der Waals surface area contributed by atoms with Crippen molar-refractivity contribution in [3.63, 3.8) is 0 Å². The Hall–Kier alpha value is -2.04. The Labute approximate surface area is 152 Å². The van der Waals surface area contributed by atoms with Crippen LogP contribution in [0.4, 0.5) is 0 Å². The second-order valence-corrected chi connectivity index (χ2v) is 5.55. The summed E-state index contributed by atoms with van der Waals surface area (Å²) in [5, 5.41) is 3.28. The first-order chi connectivity index (χ1) is 12.4. The van der Waals surface area contributed by atoms with Gasteiger partial charge in [0.1, 0.15) is 11.9 Å². The summed E-state index contributed by atoms with van der Waals surface area (Å²) in [6.07, 6.45) is 0.288. The average molecular weight is 351 g/mol. The van der Waals surface area contributed by atoms with E-state index in [2.05, 4.69) is 5.32 Å². The second-order valence-electron chi connectivity index (χ2n) is 5.55. The van der Waals surface area contributed by atoms with Gasteiger partial charge in [-0.2, -0.15) is 0 Å². The van der Waals surface area contributed by atoms with Gasteiger partial charge in [-0.15, -0.1) is 12.4 Å². The Morgan fingerprint density at radius 2 is 1.92 bits per heavy atom. The van der Waals surface area contributed by atoms with Crippen LogP contribution in [0.3, 0.4) is 0 Å². The van der Waals surface area contributed by atoms with Gasteiger partial charge in [0.15, 0.2) is 0 Å². The fraction of sp³-hybridized carbons (Fsp3) is 0.316. The first-order valence-corrected chi connectivity index (χ1v) is 7.69. The third-order valence-corrected chi connectivity index (χ3v) is 4.12. The number of ether oxygens (including phenoxy) is 2. The monoisotopic (exact) mass is 350 g/mol. The predicted octanol–water partition coefficient (Wildman–Crippen LogP) is 3.42. The van der Waals surface area contributed by atoms with Gasteiger partial charge in [-0.3, -0.25) is 0 Å². The molecule has 5 heteroatoms. The van der Waals surface area contributed by atoms with Gasteiger partial charge in [0.25, 0.3) is 0 Å². The van der Waals surface area contributed by atoms with E-state index in [9.17, 15) is 4.79 Å². The van der Waals surface area contributed by atoms with Crippen LogP contribution in [0.1, 0.15) is 32.4 Å². The molecule has 0 saturated carbocycles. The summed E-state index contributed by atoms with van der Waals surface area (Å²) in [4.78, 5) is 12.4. The number of benzene rings is 2. The molecule has 1 N–H and O–H groups in total. The molecular weight excluding hydrogens is 326 g/mol. The Morgan fingerprint density at radius 3 is 2.71 bits per heavy atom. The van der Waals surface area contributed by atoms with Crippen LogP contribution in [0, 0.1) is 0 Å². The molecule has 0 aliphatic carbocycles. The van der Waals surface area contributed by atoms with E-state index >= 15 is 0 Å². The summed E-state index contributed by atoms with van der Waals surface area (Å²) in [6.45, 7) is 1.31. The lowest BCUT2D eigenvalue weighted by molar-refractivity contribution is 0.0164. The molecule has 4 nitrogen and oxygen atoms in total. The Bertz CT molecular complexity index is 755. The molecule has 0 bridgehead atoms. The number of hydrogen-bond donors (Lipinski definition) is 1. The van der Waals surface area contributed by atoms with Crippen LogP contribution in [0.5, 0.6) is 5.75 Å². The molecule has 0 amide bonds. The number of para-hydroxylation sites is 1. The smallest absolute Gasteiger partial charge is 0.338 e. The van der Waals surface area contributed by atoms with Crippen molar-refractivity contribution in [2.75, 3.05) is 20.1 Å². The minimum absolute atomic E-state index is 0. The van der Waals surface area contributed by atoms with E-state index < -0.39 is 7.04 Å². The van der Waals surface area contributed by atoms with Gasteiger partial charge in [-0.1, -0.05) is 36.4 Å². The highest BCUT2D eigenvalue weighted by molar-refractivity contribution is 5.89. The normalized spacial score (nSPS) is 22.2. The highest BCUT2D eigenvalue weighted by Gasteiger charge is 2.31. The largest absolute Gasteiger partial charge is 0.496 e. The zero-order valence-corrected chi connectivity index (χ0v) is 13.9. The quantitative estimate of drug-likeness (QED) is 0.858. The lowest BCUT2D eigenvalue weighted by atomic mass is 9.88. The van der Waals surface area contributed by atoms with E-state index in [-0.39, 0.29) is 30.4 Å². The van der Waals surface area contributed by atoms with Gasteiger partial charge in [-0.05, 0) is 31.2 Å². The Kier molecular flexibility index (Phi) is 5.20. The van der Waals surface area contributed by atoms with E-state index in [0.717, 1.165) is 12.1 Å². The summed E-state index contributed by atoms with van der Waals surface area (Å²) in [7, 11) is -2.53. The number of halogens is 1. The standard InChI is InChI=1S/C19H21NO3.ClH/c1-22-17-10-6-5-9-15(17)16-13-20-12-11-18(16)23-19(21)14-7-3-2-4-8-14;/h2-10,16,18,20H,11-13H2,1H3;1H/i1D3;. The number of rotatable bonds is 4.